The number of aromatic nitrogens is 2. The molecule has 190 valence electrons. The van der Waals surface area contributed by atoms with Crippen molar-refractivity contribution in [3.63, 3.8) is 0 Å². The molecule has 1 atom stereocenters. The Labute approximate surface area is 206 Å². The van der Waals surface area contributed by atoms with Crippen LogP contribution in [0.25, 0.3) is 0 Å². The molecular weight excluding hydrogens is 497 g/mol. The maximum absolute atomic E-state index is 13.5. The van der Waals surface area contributed by atoms with Crippen molar-refractivity contribution in [3.05, 3.63) is 71.7 Å². The quantitative estimate of drug-likeness (QED) is 0.543. The Morgan fingerprint density at radius 2 is 1.78 bits per heavy atom. The number of nitrogens with zero attached hydrogens (tertiary/aromatic N) is 3. The summed E-state index contributed by atoms with van der Waals surface area (Å²) >= 11 is 0. The third kappa shape index (κ3) is 4.96. The minimum absolute atomic E-state index is 0.0127. The van der Waals surface area contributed by atoms with E-state index in [9.17, 15) is 21.6 Å². The number of rotatable bonds is 5. The number of fused-ring (bicyclic) bond motifs is 1. The molecule has 12 heteroatoms. The molecule has 3 heterocycles. The summed E-state index contributed by atoms with van der Waals surface area (Å²) in [7, 11) is -3.94. The van der Waals surface area contributed by atoms with Crippen molar-refractivity contribution in [2.24, 2.45) is 0 Å². The Balaban J connectivity index is 1.51. The lowest BCUT2D eigenvalue weighted by Gasteiger charge is -2.34. The van der Waals surface area contributed by atoms with Gasteiger partial charge < -0.3 is 14.4 Å². The van der Waals surface area contributed by atoms with E-state index in [1.165, 1.54) is 42.9 Å². The molecule has 3 aromatic rings. The van der Waals surface area contributed by atoms with Crippen LogP contribution in [0.4, 0.5) is 24.7 Å². The zero-order valence-electron chi connectivity index (χ0n) is 19.0. The first-order valence-electron chi connectivity index (χ1n) is 11.3. The highest BCUT2D eigenvalue weighted by Gasteiger charge is 2.34. The molecule has 0 aliphatic carbocycles. The normalized spacial score (nSPS) is 18.3. The zero-order valence-corrected chi connectivity index (χ0v) is 19.8. The number of ether oxygens (including phenoxy) is 2. The fraction of sp³-hybridized carbons (Fsp3) is 0.333. The largest absolute Gasteiger partial charge is 0.493 e. The number of halogens is 3. The van der Waals surface area contributed by atoms with Gasteiger partial charge in [0.2, 0.25) is 0 Å². The van der Waals surface area contributed by atoms with Crippen LogP contribution in [-0.2, 0) is 20.9 Å². The van der Waals surface area contributed by atoms with Crippen LogP contribution in [0.1, 0.15) is 29.0 Å². The van der Waals surface area contributed by atoms with Crippen molar-refractivity contribution in [2.75, 3.05) is 42.5 Å². The van der Waals surface area contributed by atoms with E-state index in [0.29, 0.717) is 50.8 Å². The van der Waals surface area contributed by atoms with Gasteiger partial charge in [0, 0.05) is 42.5 Å². The van der Waals surface area contributed by atoms with E-state index in [1.54, 1.807) is 6.07 Å². The van der Waals surface area contributed by atoms with Gasteiger partial charge in [0.15, 0.2) is 0 Å². The average molecular weight is 521 g/mol. The molecule has 0 saturated carbocycles. The van der Waals surface area contributed by atoms with Gasteiger partial charge >= 0.3 is 6.18 Å². The van der Waals surface area contributed by atoms with Crippen LogP contribution >= 0.6 is 0 Å². The fourth-order valence-electron chi connectivity index (χ4n) is 4.50. The van der Waals surface area contributed by atoms with Crippen molar-refractivity contribution >= 4 is 21.5 Å². The van der Waals surface area contributed by atoms with E-state index >= 15 is 0 Å². The number of hydrogen-bond acceptors (Lipinski definition) is 7. The maximum atomic E-state index is 13.5. The number of sulfonamides is 1. The van der Waals surface area contributed by atoms with Crippen molar-refractivity contribution in [1.29, 1.82) is 0 Å². The van der Waals surface area contributed by atoms with Gasteiger partial charge in [0.1, 0.15) is 17.9 Å². The molecule has 0 radical (unpaired) electrons. The van der Waals surface area contributed by atoms with Gasteiger partial charge in [-0.05, 0) is 36.2 Å². The minimum Gasteiger partial charge on any atom is -0.493 e. The third-order valence-corrected chi connectivity index (χ3v) is 7.59. The highest BCUT2D eigenvalue weighted by molar-refractivity contribution is 7.92. The summed E-state index contributed by atoms with van der Waals surface area (Å²) in [6.07, 6.45) is -1.27. The predicted molar refractivity (Wildman–Crippen MR) is 126 cm³/mol. The van der Waals surface area contributed by atoms with Gasteiger partial charge in [-0.1, -0.05) is 12.1 Å². The summed E-state index contributed by atoms with van der Waals surface area (Å²) in [5.41, 5.74) is 1.26. The molecular formula is C24H23F3N4O4S. The molecule has 1 N–H and O–H groups in total. The summed E-state index contributed by atoms with van der Waals surface area (Å²) in [6, 6.07) is 9.80. The number of alkyl halides is 3. The molecule has 0 spiro atoms. The van der Waals surface area contributed by atoms with E-state index in [2.05, 4.69) is 14.7 Å². The first kappa shape index (κ1) is 24.3. The Morgan fingerprint density at radius 1 is 1.00 bits per heavy atom. The standard InChI is InChI=1S/C24H23F3N4O4S/c25-24(26,27)16-1-3-19(21(13-16)31-8-11-34-12-9-31)18-6-10-35-22-14-17(2-4-20(18)22)36(32,33)30-23-5-7-28-15-29-23/h1-5,7,13-15,18H,6,8-12H2,(H,28,29,30)/t18-/m1/s1. The first-order chi connectivity index (χ1) is 17.2. The van der Waals surface area contributed by atoms with E-state index < -0.39 is 21.8 Å². The molecule has 5 rings (SSSR count). The van der Waals surface area contributed by atoms with Gasteiger partial charge in [-0.15, -0.1) is 0 Å². The second kappa shape index (κ2) is 9.58. The lowest BCUT2D eigenvalue weighted by molar-refractivity contribution is -0.137. The van der Waals surface area contributed by atoms with Crippen molar-refractivity contribution in [1.82, 2.24) is 9.97 Å². The van der Waals surface area contributed by atoms with Gasteiger partial charge in [0.25, 0.3) is 10.0 Å². The number of hydrogen-bond donors (Lipinski definition) is 1. The monoisotopic (exact) mass is 520 g/mol. The van der Waals surface area contributed by atoms with Crippen LogP contribution < -0.4 is 14.4 Å². The van der Waals surface area contributed by atoms with Gasteiger partial charge in [-0.3, -0.25) is 4.72 Å². The van der Waals surface area contributed by atoms with E-state index in [-0.39, 0.29) is 16.6 Å². The molecule has 1 saturated heterocycles. The number of benzene rings is 2. The topological polar surface area (TPSA) is 93.7 Å². The van der Waals surface area contributed by atoms with Gasteiger partial charge in [-0.25, -0.2) is 18.4 Å². The highest BCUT2D eigenvalue weighted by atomic mass is 32.2. The fourth-order valence-corrected chi connectivity index (χ4v) is 5.52. The smallest absolute Gasteiger partial charge is 0.416 e. The first-order valence-corrected chi connectivity index (χ1v) is 12.8. The Morgan fingerprint density at radius 3 is 2.50 bits per heavy atom. The van der Waals surface area contributed by atoms with E-state index in [4.69, 9.17) is 9.47 Å². The molecule has 0 bridgehead atoms. The Hall–Kier alpha value is -3.38. The second-order valence-corrected chi connectivity index (χ2v) is 10.1. The average Bonchev–Trinajstić information content (AvgIpc) is 2.88. The Kier molecular flexibility index (Phi) is 6.47. The van der Waals surface area contributed by atoms with Gasteiger partial charge in [0.05, 0.1) is 30.3 Å². The summed E-state index contributed by atoms with van der Waals surface area (Å²) in [4.78, 5) is 9.54. The highest BCUT2D eigenvalue weighted by Crippen LogP contribution is 2.44. The number of morpholine rings is 1. The van der Waals surface area contributed by atoms with Crippen LogP contribution in [0, 0.1) is 0 Å². The van der Waals surface area contributed by atoms with Crippen LogP contribution in [0.2, 0.25) is 0 Å². The van der Waals surface area contributed by atoms with Gasteiger partial charge in [-0.2, -0.15) is 13.2 Å². The molecule has 2 aromatic carbocycles. The lowest BCUT2D eigenvalue weighted by atomic mass is 9.85. The molecule has 0 amide bonds. The maximum Gasteiger partial charge on any atom is 0.416 e. The minimum atomic E-state index is -4.47. The van der Waals surface area contributed by atoms with Crippen molar-refractivity contribution in [3.8, 4) is 5.75 Å². The van der Waals surface area contributed by atoms with E-state index in [1.807, 2.05) is 4.90 Å². The van der Waals surface area contributed by atoms with Crippen molar-refractivity contribution in [2.45, 2.75) is 23.4 Å². The molecule has 1 fully saturated rings. The third-order valence-electron chi connectivity index (χ3n) is 6.24. The zero-order chi connectivity index (χ0) is 25.3. The lowest BCUT2D eigenvalue weighted by Crippen LogP contribution is -2.37. The van der Waals surface area contributed by atoms with Crippen LogP contribution in [-0.4, -0.2) is 51.3 Å². The van der Waals surface area contributed by atoms with Crippen molar-refractivity contribution < 1.29 is 31.1 Å². The summed E-state index contributed by atoms with van der Waals surface area (Å²) in [5.74, 6) is 0.242. The number of nitrogens with one attached hydrogen (secondary N) is 1. The molecule has 8 nitrogen and oxygen atoms in total. The molecule has 0 unspecified atom stereocenters. The SMILES string of the molecule is O=S(=O)(Nc1ccncn1)c1ccc2c(c1)OCC[C@@H]2c1ccc(C(F)(F)F)cc1N1CCOCC1. The summed E-state index contributed by atoms with van der Waals surface area (Å²) < 4.78 is 79.9. The van der Waals surface area contributed by atoms with Crippen LogP contribution in [0.5, 0.6) is 5.75 Å². The molecule has 2 aliphatic rings. The van der Waals surface area contributed by atoms with E-state index in [0.717, 1.165) is 17.2 Å². The molecule has 1 aromatic heterocycles. The second-order valence-electron chi connectivity index (χ2n) is 8.46. The number of anilines is 2. The summed E-state index contributed by atoms with van der Waals surface area (Å²) in [6.45, 7) is 2.12. The predicted octanol–water partition coefficient (Wildman–Crippen LogP) is 4.05. The molecule has 2 aliphatic heterocycles. The Bertz CT molecular complexity index is 1350. The molecule has 36 heavy (non-hydrogen) atoms. The van der Waals surface area contributed by atoms with Crippen LogP contribution in [0.15, 0.2) is 59.9 Å². The van der Waals surface area contributed by atoms with Crippen LogP contribution in [0.3, 0.4) is 0 Å². The summed E-state index contributed by atoms with van der Waals surface area (Å²) in [5, 5.41) is 0.